The van der Waals surface area contributed by atoms with Crippen molar-refractivity contribution in [2.75, 3.05) is 18.5 Å². The molecular formula is C28H28F3N5O5. The molecule has 1 aliphatic rings. The summed E-state index contributed by atoms with van der Waals surface area (Å²) < 4.78 is 41.8. The summed E-state index contributed by atoms with van der Waals surface area (Å²) in [7, 11) is 1.49. The summed E-state index contributed by atoms with van der Waals surface area (Å²) in [5.74, 6) is 0.554. The van der Waals surface area contributed by atoms with E-state index >= 15 is 0 Å². The molecule has 0 fully saturated rings. The van der Waals surface area contributed by atoms with E-state index in [1.165, 1.54) is 24.9 Å². The number of anilines is 1. The third-order valence-corrected chi connectivity index (χ3v) is 6.14. The first-order valence-corrected chi connectivity index (χ1v) is 12.5. The van der Waals surface area contributed by atoms with Gasteiger partial charge in [-0.05, 0) is 37.1 Å². The van der Waals surface area contributed by atoms with Crippen LogP contribution in [-0.2, 0) is 19.1 Å². The molecule has 2 aromatic rings. The highest BCUT2D eigenvalue weighted by Gasteiger charge is 2.44. The van der Waals surface area contributed by atoms with Gasteiger partial charge in [0.1, 0.15) is 6.04 Å². The minimum atomic E-state index is -5.37. The number of amides is 2. The summed E-state index contributed by atoms with van der Waals surface area (Å²) in [5, 5.41) is 0. The molecule has 0 saturated heterocycles. The zero-order chi connectivity index (χ0) is 30.3. The number of fused-ring (bicyclic) bond motifs is 1. The van der Waals surface area contributed by atoms with Gasteiger partial charge in [0.2, 0.25) is 0 Å². The fraction of sp³-hybridized carbons (Fsp3) is 0.321. The first kappa shape index (κ1) is 30.7. The van der Waals surface area contributed by atoms with Gasteiger partial charge in [0.05, 0.1) is 17.7 Å². The second-order valence-electron chi connectivity index (χ2n) is 9.18. The van der Waals surface area contributed by atoms with Crippen LogP contribution in [0.1, 0.15) is 53.7 Å². The van der Waals surface area contributed by atoms with Crippen molar-refractivity contribution < 1.29 is 37.1 Å². The number of guanidine groups is 1. The molecule has 2 aromatic carbocycles. The van der Waals surface area contributed by atoms with Gasteiger partial charge in [-0.15, -0.1) is 0 Å². The number of unbranched alkanes of at least 4 members (excludes halogenated alkanes) is 1. The molecule has 13 heteroatoms. The molecule has 2 atom stereocenters. The number of hydrogen-bond acceptors (Lipinski definition) is 6. The third-order valence-electron chi connectivity index (χ3n) is 6.14. The lowest BCUT2D eigenvalue weighted by atomic mass is 10.0. The standard InChI is InChI=1S/C28H28F3N5O5/c1-17(15-22(37)41-26(40)28(29,30)31)36-23(19-10-6-3-7-11-19)25(39)35(2)21-13-12-18(16-20(21)24(36)38)9-5-4-8-14-34-27(32)33/h3,6-7,10-13,16-17,23H,4,8,14-15H2,1-2H3,(H4,32,33,34). The Morgan fingerprint density at radius 2 is 1.80 bits per heavy atom. The number of halogens is 3. The third kappa shape index (κ3) is 7.63. The minimum absolute atomic E-state index is 0.0197. The number of alkyl halides is 3. The predicted molar refractivity (Wildman–Crippen MR) is 143 cm³/mol. The number of benzene rings is 2. The lowest BCUT2D eigenvalue weighted by Crippen LogP contribution is -2.46. The van der Waals surface area contributed by atoms with Crippen LogP contribution in [0.4, 0.5) is 18.9 Å². The van der Waals surface area contributed by atoms with Crippen molar-refractivity contribution in [2.45, 2.75) is 44.4 Å². The van der Waals surface area contributed by atoms with Gasteiger partial charge < -0.3 is 26.0 Å². The van der Waals surface area contributed by atoms with Crippen LogP contribution in [-0.4, -0.2) is 60.4 Å². The van der Waals surface area contributed by atoms with Crippen LogP contribution in [0.25, 0.3) is 0 Å². The van der Waals surface area contributed by atoms with Crippen molar-refractivity contribution >= 4 is 35.4 Å². The highest BCUT2D eigenvalue weighted by Crippen LogP contribution is 2.36. The van der Waals surface area contributed by atoms with Gasteiger partial charge in [0, 0.05) is 31.6 Å². The highest BCUT2D eigenvalue weighted by atomic mass is 19.4. The Morgan fingerprint density at radius 1 is 1.12 bits per heavy atom. The number of nitrogens with zero attached hydrogens (tertiary/aromatic N) is 3. The van der Waals surface area contributed by atoms with Crippen LogP contribution in [0.15, 0.2) is 53.5 Å². The number of rotatable bonds is 7. The van der Waals surface area contributed by atoms with E-state index < -0.39 is 48.4 Å². The summed E-state index contributed by atoms with van der Waals surface area (Å²) in [5.41, 5.74) is 11.9. The summed E-state index contributed by atoms with van der Waals surface area (Å²) in [6, 6.07) is 10.6. The molecule has 10 nitrogen and oxygen atoms in total. The molecule has 41 heavy (non-hydrogen) atoms. The maximum atomic E-state index is 14.0. The molecule has 4 N–H and O–H groups in total. The van der Waals surface area contributed by atoms with E-state index in [1.54, 1.807) is 42.5 Å². The van der Waals surface area contributed by atoms with Crippen molar-refractivity contribution in [3.63, 3.8) is 0 Å². The monoisotopic (exact) mass is 571 g/mol. The topological polar surface area (TPSA) is 148 Å². The van der Waals surface area contributed by atoms with Crippen LogP contribution in [0.5, 0.6) is 0 Å². The number of ether oxygens (including phenoxy) is 1. The number of carbonyl (C=O) groups excluding carboxylic acids is 4. The first-order valence-electron chi connectivity index (χ1n) is 12.5. The quantitative estimate of drug-likeness (QED) is 0.130. The van der Waals surface area contributed by atoms with Gasteiger partial charge in [-0.1, -0.05) is 42.2 Å². The van der Waals surface area contributed by atoms with Gasteiger partial charge in [-0.2, -0.15) is 13.2 Å². The Bertz CT molecular complexity index is 1410. The molecule has 1 heterocycles. The zero-order valence-corrected chi connectivity index (χ0v) is 22.3. The number of aliphatic imine (C=N–C) groups is 1. The smallest absolute Gasteiger partial charge is 0.386 e. The Morgan fingerprint density at radius 3 is 2.44 bits per heavy atom. The van der Waals surface area contributed by atoms with E-state index in [2.05, 4.69) is 21.6 Å². The number of nitrogens with two attached hydrogens (primary N) is 2. The fourth-order valence-corrected chi connectivity index (χ4v) is 4.23. The Hall–Kier alpha value is -4.86. The maximum Gasteiger partial charge on any atom is 0.491 e. The van der Waals surface area contributed by atoms with E-state index in [1.807, 2.05) is 0 Å². The normalized spacial score (nSPS) is 15.7. The minimum Gasteiger partial charge on any atom is -0.386 e. The number of hydrogen-bond donors (Lipinski definition) is 2. The maximum absolute atomic E-state index is 14.0. The van der Waals surface area contributed by atoms with E-state index in [4.69, 9.17) is 11.5 Å². The Labute approximate surface area is 234 Å². The summed E-state index contributed by atoms with van der Waals surface area (Å²) in [6.07, 6.45) is -5.08. The predicted octanol–water partition coefficient (Wildman–Crippen LogP) is 2.66. The van der Waals surface area contributed by atoms with Crippen molar-refractivity contribution in [1.82, 2.24) is 4.90 Å². The van der Waals surface area contributed by atoms with Gasteiger partial charge >= 0.3 is 18.1 Å². The molecule has 3 rings (SSSR count). The highest BCUT2D eigenvalue weighted by molar-refractivity contribution is 6.11. The average Bonchev–Trinajstić information content (AvgIpc) is 2.99. The van der Waals surface area contributed by atoms with Crippen molar-refractivity contribution in [2.24, 2.45) is 16.5 Å². The van der Waals surface area contributed by atoms with Crippen LogP contribution < -0.4 is 16.4 Å². The molecule has 0 radical (unpaired) electrons. The van der Waals surface area contributed by atoms with Gasteiger partial charge in [-0.25, -0.2) is 4.79 Å². The van der Waals surface area contributed by atoms with E-state index in [0.29, 0.717) is 30.5 Å². The second-order valence-corrected chi connectivity index (χ2v) is 9.18. The number of carbonyl (C=O) groups is 4. The second kappa shape index (κ2) is 13.0. The molecule has 1 aliphatic heterocycles. The number of esters is 2. The molecule has 0 bridgehead atoms. The molecule has 0 aliphatic carbocycles. The van der Waals surface area contributed by atoms with Gasteiger partial charge in [0.15, 0.2) is 5.96 Å². The summed E-state index contributed by atoms with van der Waals surface area (Å²) in [6.45, 7) is 1.78. The largest absolute Gasteiger partial charge is 0.491 e. The SMILES string of the molecule is CC(CC(=O)OC(=O)C(F)(F)F)N1C(=O)c2cc(C#CCCCN=C(N)N)ccc2N(C)C(=O)C1c1ccccc1. The molecule has 2 amide bonds. The van der Waals surface area contributed by atoms with Crippen LogP contribution >= 0.6 is 0 Å². The lowest BCUT2D eigenvalue weighted by molar-refractivity contribution is -0.202. The lowest BCUT2D eigenvalue weighted by Gasteiger charge is -2.34. The van der Waals surface area contributed by atoms with Crippen LogP contribution in [0.3, 0.4) is 0 Å². The van der Waals surface area contributed by atoms with Crippen molar-refractivity contribution in [1.29, 1.82) is 0 Å². The molecule has 0 saturated carbocycles. The Balaban J connectivity index is 1.98. The summed E-state index contributed by atoms with van der Waals surface area (Å²) >= 11 is 0. The first-order chi connectivity index (χ1) is 19.3. The van der Waals surface area contributed by atoms with Gasteiger partial charge in [-0.3, -0.25) is 19.4 Å². The Kier molecular flexibility index (Phi) is 9.72. The van der Waals surface area contributed by atoms with E-state index in [9.17, 15) is 32.3 Å². The molecule has 2 unspecified atom stereocenters. The zero-order valence-electron chi connectivity index (χ0n) is 22.3. The van der Waals surface area contributed by atoms with Crippen LogP contribution in [0, 0.1) is 11.8 Å². The van der Waals surface area contributed by atoms with E-state index in [-0.39, 0.29) is 17.2 Å². The van der Waals surface area contributed by atoms with E-state index in [0.717, 1.165) is 4.90 Å². The molecular weight excluding hydrogens is 543 g/mol. The molecule has 0 aromatic heterocycles. The van der Waals surface area contributed by atoms with Crippen molar-refractivity contribution in [3.8, 4) is 11.8 Å². The van der Waals surface area contributed by atoms with Crippen molar-refractivity contribution in [3.05, 3.63) is 65.2 Å². The molecule has 0 spiro atoms. The van der Waals surface area contributed by atoms with Gasteiger partial charge in [0.25, 0.3) is 11.8 Å². The van der Waals surface area contributed by atoms with Crippen LogP contribution in [0.2, 0.25) is 0 Å². The number of likely N-dealkylation sites (N-methyl/N-ethyl adjacent to an activating group) is 1. The molecule has 216 valence electrons. The fourth-order valence-electron chi connectivity index (χ4n) is 4.23. The average molecular weight is 572 g/mol. The summed E-state index contributed by atoms with van der Waals surface area (Å²) in [4.78, 5) is 57.4.